The Morgan fingerprint density at radius 2 is 2.00 bits per heavy atom. The third-order valence-electron chi connectivity index (χ3n) is 3.33. The molecule has 1 N–H and O–H groups in total. The number of furan rings is 1. The average Bonchev–Trinajstić information content (AvgIpc) is 2.89. The maximum atomic E-state index is 11.4. The fourth-order valence-electron chi connectivity index (χ4n) is 2.25. The van der Waals surface area contributed by atoms with Gasteiger partial charge in [0.25, 0.3) is 0 Å². The number of benzene rings is 1. The molecule has 102 valence electrons. The molecule has 0 aliphatic rings. The molecule has 3 aromatic rings. The Bertz CT molecular complexity index is 800. The molecule has 20 heavy (non-hydrogen) atoms. The van der Waals surface area contributed by atoms with Crippen LogP contribution in [0.4, 0.5) is 5.69 Å². The number of anilines is 1. The van der Waals surface area contributed by atoms with E-state index >= 15 is 0 Å². The minimum Gasteiger partial charge on any atom is -0.467 e. The van der Waals surface area contributed by atoms with Gasteiger partial charge in [-0.3, -0.25) is 0 Å². The van der Waals surface area contributed by atoms with E-state index in [9.17, 15) is 4.79 Å². The van der Waals surface area contributed by atoms with Gasteiger partial charge in [0.1, 0.15) is 11.3 Å². The molecule has 0 bridgehead atoms. The van der Waals surface area contributed by atoms with E-state index in [1.165, 1.54) is 6.07 Å². The molecule has 4 heteroatoms. The largest absolute Gasteiger partial charge is 0.467 e. The zero-order valence-electron chi connectivity index (χ0n) is 11.4. The van der Waals surface area contributed by atoms with Crippen LogP contribution in [-0.4, -0.2) is 0 Å². The molecule has 3 rings (SSSR count). The Labute approximate surface area is 116 Å². The lowest BCUT2D eigenvalue weighted by Gasteiger charge is -2.10. The highest BCUT2D eigenvalue weighted by Crippen LogP contribution is 2.25. The molecular formula is C16H15NO3. The first kappa shape index (κ1) is 12.5. The minimum absolute atomic E-state index is 0.314. The number of fused-ring (bicyclic) bond motifs is 1. The molecule has 0 spiro atoms. The number of nitrogens with one attached hydrogen (secondary N) is 1. The summed E-state index contributed by atoms with van der Waals surface area (Å²) >= 11 is 0. The average molecular weight is 269 g/mol. The van der Waals surface area contributed by atoms with Crippen molar-refractivity contribution >= 4 is 16.7 Å². The van der Waals surface area contributed by atoms with Crippen LogP contribution in [0, 0.1) is 13.8 Å². The highest BCUT2D eigenvalue weighted by molar-refractivity contribution is 5.85. The molecule has 0 saturated carbocycles. The zero-order valence-corrected chi connectivity index (χ0v) is 11.4. The fourth-order valence-corrected chi connectivity index (χ4v) is 2.25. The van der Waals surface area contributed by atoms with Gasteiger partial charge < -0.3 is 14.2 Å². The van der Waals surface area contributed by atoms with Crippen molar-refractivity contribution in [3.8, 4) is 0 Å². The summed E-state index contributed by atoms with van der Waals surface area (Å²) in [6, 6.07) is 9.19. The summed E-state index contributed by atoms with van der Waals surface area (Å²) in [6.45, 7) is 4.51. The Morgan fingerprint density at radius 3 is 2.75 bits per heavy atom. The van der Waals surface area contributed by atoms with Crippen LogP contribution in [0.5, 0.6) is 0 Å². The lowest BCUT2D eigenvalue weighted by molar-refractivity contribution is 0.518. The van der Waals surface area contributed by atoms with Crippen molar-refractivity contribution in [1.29, 1.82) is 0 Å². The van der Waals surface area contributed by atoms with Gasteiger partial charge in [-0.1, -0.05) is 0 Å². The normalized spacial score (nSPS) is 10.9. The van der Waals surface area contributed by atoms with Gasteiger partial charge in [0.05, 0.1) is 12.8 Å². The lowest BCUT2D eigenvalue weighted by atomic mass is 10.1. The van der Waals surface area contributed by atoms with E-state index in [0.717, 1.165) is 28.0 Å². The SMILES string of the molecule is Cc1cc2oc(=O)cc(C)c2cc1NCc1ccco1. The van der Waals surface area contributed by atoms with Crippen molar-refractivity contribution in [3.05, 3.63) is 63.9 Å². The van der Waals surface area contributed by atoms with Gasteiger partial charge in [-0.05, 0) is 49.2 Å². The Hall–Kier alpha value is -2.49. The van der Waals surface area contributed by atoms with Gasteiger partial charge in [-0.25, -0.2) is 4.79 Å². The number of rotatable bonds is 3. The van der Waals surface area contributed by atoms with Crippen LogP contribution in [0.2, 0.25) is 0 Å². The first-order valence-corrected chi connectivity index (χ1v) is 6.45. The predicted octanol–water partition coefficient (Wildman–Crippen LogP) is 3.61. The van der Waals surface area contributed by atoms with Gasteiger partial charge in [-0.15, -0.1) is 0 Å². The maximum Gasteiger partial charge on any atom is 0.336 e. The number of hydrogen-bond donors (Lipinski definition) is 1. The molecule has 0 atom stereocenters. The topological polar surface area (TPSA) is 55.4 Å². The summed E-state index contributed by atoms with van der Waals surface area (Å²) in [7, 11) is 0. The summed E-state index contributed by atoms with van der Waals surface area (Å²) in [6.07, 6.45) is 1.66. The smallest absolute Gasteiger partial charge is 0.336 e. The van der Waals surface area contributed by atoms with Crippen LogP contribution in [0.25, 0.3) is 11.0 Å². The molecule has 0 unspecified atom stereocenters. The number of aryl methyl sites for hydroxylation is 2. The molecule has 0 amide bonds. The van der Waals surface area contributed by atoms with Crippen molar-refractivity contribution in [2.24, 2.45) is 0 Å². The molecule has 2 heterocycles. The molecule has 1 aromatic carbocycles. The zero-order chi connectivity index (χ0) is 14.1. The summed E-state index contributed by atoms with van der Waals surface area (Å²) in [5, 5.41) is 4.28. The van der Waals surface area contributed by atoms with Crippen molar-refractivity contribution in [1.82, 2.24) is 0 Å². The molecular weight excluding hydrogens is 254 g/mol. The quantitative estimate of drug-likeness (QED) is 0.738. The minimum atomic E-state index is -0.314. The van der Waals surface area contributed by atoms with Gasteiger partial charge in [0.2, 0.25) is 0 Å². The van der Waals surface area contributed by atoms with Crippen molar-refractivity contribution in [2.75, 3.05) is 5.32 Å². The molecule has 0 aliphatic carbocycles. The Kier molecular flexibility index (Phi) is 3.06. The predicted molar refractivity (Wildman–Crippen MR) is 78.0 cm³/mol. The molecule has 0 radical (unpaired) electrons. The third kappa shape index (κ3) is 2.32. The molecule has 4 nitrogen and oxygen atoms in total. The van der Waals surface area contributed by atoms with Crippen LogP contribution in [0.15, 0.2) is 50.2 Å². The summed E-state index contributed by atoms with van der Waals surface area (Å²) in [5.41, 5.74) is 3.25. The third-order valence-corrected chi connectivity index (χ3v) is 3.33. The molecule has 0 fully saturated rings. The van der Waals surface area contributed by atoms with Gasteiger partial charge in [0, 0.05) is 17.1 Å². The van der Waals surface area contributed by atoms with E-state index in [0.29, 0.717) is 12.1 Å². The second kappa shape index (κ2) is 4.89. The van der Waals surface area contributed by atoms with E-state index < -0.39 is 0 Å². The van der Waals surface area contributed by atoms with E-state index in [-0.39, 0.29) is 5.63 Å². The van der Waals surface area contributed by atoms with E-state index in [1.54, 1.807) is 6.26 Å². The van der Waals surface area contributed by atoms with Crippen molar-refractivity contribution in [2.45, 2.75) is 20.4 Å². The van der Waals surface area contributed by atoms with Crippen LogP contribution in [-0.2, 0) is 6.54 Å². The second-order valence-corrected chi connectivity index (χ2v) is 4.84. The number of hydrogen-bond acceptors (Lipinski definition) is 4. The molecule has 0 saturated heterocycles. The fraction of sp³-hybridized carbons (Fsp3) is 0.188. The molecule has 2 aromatic heterocycles. The van der Waals surface area contributed by atoms with Crippen LogP contribution < -0.4 is 10.9 Å². The monoisotopic (exact) mass is 269 g/mol. The maximum absolute atomic E-state index is 11.4. The summed E-state index contributed by atoms with van der Waals surface area (Å²) in [4.78, 5) is 11.4. The first-order chi connectivity index (χ1) is 9.63. The summed E-state index contributed by atoms with van der Waals surface area (Å²) < 4.78 is 10.5. The lowest BCUT2D eigenvalue weighted by Crippen LogP contribution is -2.02. The van der Waals surface area contributed by atoms with Gasteiger partial charge >= 0.3 is 5.63 Å². The first-order valence-electron chi connectivity index (χ1n) is 6.45. The van der Waals surface area contributed by atoms with Crippen LogP contribution in [0.1, 0.15) is 16.9 Å². The van der Waals surface area contributed by atoms with E-state index in [1.807, 2.05) is 38.1 Å². The van der Waals surface area contributed by atoms with Crippen LogP contribution in [0.3, 0.4) is 0 Å². The molecule has 0 aliphatic heterocycles. The van der Waals surface area contributed by atoms with Gasteiger partial charge in [0.15, 0.2) is 0 Å². The summed E-state index contributed by atoms with van der Waals surface area (Å²) in [5.74, 6) is 0.876. The highest BCUT2D eigenvalue weighted by atomic mass is 16.4. The van der Waals surface area contributed by atoms with Gasteiger partial charge in [-0.2, -0.15) is 0 Å². The Balaban J connectivity index is 1.99. The standard InChI is InChI=1S/C16H15NO3/c1-10-7-16(18)20-15-6-11(2)14(8-13(10)15)17-9-12-4-3-5-19-12/h3-8,17H,9H2,1-2H3. The second-order valence-electron chi connectivity index (χ2n) is 4.84. The van der Waals surface area contributed by atoms with Crippen molar-refractivity contribution < 1.29 is 8.83 Å². The van der Waals surface area contributed by atoms with Crippen LogP contribution >= 0.6 is 0 Å². The Morgan fingerprint density at radius 1 is 1.15 bits per heavy atom. The van der Waals surface area contributed by atoms with E-state index in [4.69, 9.17) is 8.83 Å². The van der Waals surface area contributed by atoms with Crippen molar-refractivity contribution in [3.63, 3.8) is 0 Å². The highest BCUT2D eigenvalue weighted by Gasteiger charge is 2.07. The van der Waals surface area contributed by atoms with E-state index in [2.05, 4.69) is 5.32 Å².